The lowest BCUT2D eigenvalue weighted by Gasteiger charge is -2.10. The molecule has 1 aromatic heterocycles. The number of hydrogen-bond acceptors (Lipinski definition) is 4. The van der Waals surface area contributed by atoms with Crippen molar-refractivity contribution >= 4 is 11.0 Å². The van der Waals surface area contributed by atoms with E-state index in [1.807, 2.05) is 45.9 Å². The highest BCUT2D eigenvalue weighted by Crippen LogP contribution is 2.30. The molecule has 3 aromatic rings. The molecule has 2 aromatic carbocycles. The van der Waals surface area contributed by atoms with Crippen molar-refractivity contribution in [2.45, 2.75) is 40.5 Å². The molecule has 0 unspecified atom stereocenters. The van der Waals surface area contributed by atoms with Gasteiger partial charge in [0.25, 0.3) is 0 Å². The van der Waals surface area contributed by atoms with Gasteiger partial charge in [-0.05, 0) is 75.9 Å². The number of benzene rings is 2. The first kappa shape index (κ1) is 20.5. The average molecular weight is 390 g/mol. The van der Waals surface area contributed by atoms with Crippen LogP contribution in [0.15, 0.2) is 69.1 Å². The Bertz CT molecular complexity index is 1170. The van der Waals surface area contributed by atoms with E-state index in [4.69, 9.17) is 4.42 Å². The fraction of sp³-hybridized carbons (Fsp3) is 0.240. The summed E-state index contributed by atoms with van der Waals surface area (Å²) in [4.78, 5) is 13.2. The molecule has 3 rings (SSSR count). The molecular formula is C25H26O4. The van der Waals surface area contributed by atoms with E-state index in [2.05, 4.69) is 0 Å². The lowest BCUT2D eigenvalue weighted by molar-refractivity contribution is 0.467. The Morgan fingerprint density at radius 2 is 1.59 bits per heavy atom. The summed E-state index contributed by atoms with van der Waals surface area (Å²) >= 11 is 0. The first-order chi connectivity index (χ1) is 13.8. The third kappa shape index (κ3) is 4.43. The third-order valence-corrected chi connectivity index (χ3v) is 4.85. The molecule has 150 valence electrons. The Labute approximate surface area is 170 Å². The van der Waals surface area contributed by atoms with Crippen molar-refractivity contribution < 1.29 is 14.6 Å². The second-order valence-corrected chi connectivity index (χ2v) is 7.73. The minimum atomic E-state index is -0.163. The molecule has 0 atom stereocenters. The Hall–Kier alpha value is -3.27. The molecule has 0 saturated carbocycles. The number of fused-ring (bicyclic) bond motifs is 1. The van der Waals surface area contributed by atoms with E-state index in [0.717, 1.165) is 16.7 Å². The quantitative estimate of drug-likeness (QED) is 0.533. The van der Waals surface area contributed by atoms with Crippen LogP contribution in [0.2, 0.25) is 0 Å². The molecule has 0 aliphatic heterocycles. The summed E-state index contributed by atoms with van der Waals surface area (Å²) in [6, 6.07) is 8.26. The van der Waals surface area contributed by atoms with Crippen molar-refractivity contribution in [1.82, 2.24) is 0 Å². The molecule has 0 aliphatic carbocycles. The fourth-order valence-electron chi connectivity index (χ4n) is 3.18. The Balaban J connectivity index is 2.13. The van der Waals surface area contributed by atoms with Crippen molar-refractivity contribution in [2.24, 2.45) is 0 Å². The molecule has 4 heteroatoms. The number of phenols is 2. The first-order valence-electron chi connectivity index (χ1n) is 9.63. The van der Waals surface area contributed by atoms with E-state index < -0.39 is 0 Å². The number of rotatable bonds is 5. The molecule has 0 radical (unpaired) electrons. The molecule has 0 saturated heterocycles. The van der Waals surface area contributed by atoms with Crippen LogP contribution < -0.4 is 5.43 Å². The van der Waals surface area contributed by atoms with Gasteiger partial charge in [-0.25, -0.2) is 0 Å². The second kappa shape index (κ2) is 8.39. The van der Waals surface area contributed by atoms with Gasteiger partial charge >= 0.3 is 0 Å². The number of phenolic OH excluding ortho intramolecular Hbond substituents is 2. The summed E-state index contributed by atoms with van der Waals surface area (Å²) < 4.78 is 5.83. The minimum Gasteiger partial charge on any atom is -0.508 e. The number of allylic oxidation sites excluding steroid dienone is 4. The molecule has 0 bridgehead atoms. The van der Waals surface area contributed by atoms with E-state index in [1.54, 1.807) is 18.2 Å². The SMILES string of the molecule is CC(C)=CCc1cc(-c2coc3c(CC=C(C)C)c(O)ccc3c2=O)ccc1O. The maximum atomic E-state index is 13.2. The van der Waals surface area contributed by atoms with Gasteiger partial charge < -0.3 is 14.6 Å². The van der Waals surface area contributed by atoms with Gasteiger partial charge in [0.05, 0.1) is 10.9 Å². The van der Waals surface area contributed by atoms with Gasteiger partial charge in [0.15, 0.2) is 0 Å². The van der Waals surface area contributed by atoms with Gasteiger partial charge in [-0.1, -0.05) is 29.4 Å². The Kier molecular flexibility index (Phi) is 5.92. The third-order valence-electron chi connectivity index (χ3n) is 4.85. The topological polar surface area (TPSA) is 70.7 Å². The zero-order valence-electron chi connectivity index (χ0n) is 17.2. The van der Waals surface area contributed by atoms with Gasteiger partial charge in [0, 0.05) is 5.56 Å². The smallest absolute Gasteiger partial charge is 0.200 e. The van der Waals surface area contributed by atoms with E-state index in [0.29, 0.717) is 40.5 Å². The standard InChI is InChI=1S/C25H26O4/c1-15(2)5-7-18-13-17(8-11-22(18)26)21-14-29-25-19(9-6-16(3)4)23(27)12-10-20(25)24(21)28/h5-6,8,10-14,26-27H,7,9H2,1-4H3. The predicted octanol–water partition coefficient (Wildman–Crippen LogP) is 5.89. The van der Waals surface area contributed by atoms with E-state index >= 15 is 0 Å². The zero-order chi connectivity index (χ0) is 21.1. The molecule has 2 N–H and O–H groups in total. The van der Waals surface area contributed by atoms with Crippen molar-refractivity contribution in [3.63, 3.8) is 0 Å². The summed E-state index contributed by atoms with van der Waals surface area (Å²) in [6.07, 6.45) is 6.52. The summed E-state index contributed by atoms with van der Waals surface area (Å²) in [5.74, 6) is 0.310. The van der Waals surface area contributed by atoms with Crippen LogP contribution in [0.1, 0.15) is 38.8 Å². The molecule has 4 nitrogen and oxygen atoms in total. The molecule has 0 aliphatic rings. The van der Waals surface area contributed by atoms with Gasteiger partial charge in [-0.2, -0.15) is 0 Å². The Morgan fingerprint density at radius 1 is 0.931 bits per heavy atom. The average Bonchev–Trinajstić information content (AvgIpc) is 2.67. The summed E-state index contributed by atoms with van der Waals surface area (Å²) in [7, 11) is 0. The normalized spacial score (nSPS) is 10.8. The molecule has 0 spiro atoms. The number of hydrogen-bond donors (Lipinski definition) is 2. The van der Waals surface area contributed by atoms with Crippen molar-refractivity contribution in [2.75, 3.05) is 0 Å². The second-order valence-electron chi connectivity index (χ2n) is 7.73. The summed E-state index contributed by atoms with van der Waals surface area (Å²) in [6.45, 7) is 7.96. The molecular weight excluding hydrogens is 364 g/mol. The maximum Gasteiger partial charge on any atom is 0.200 e. The van der Waals surface area contributed by atoms with Gasteiger partial charge in [0.2, 0.25) is 5.43 Å². The van der Waals surface area contributed by atoms with Crippen molar-refractivity contribution in [1.29, 1.82) is 0 Å². The van der Waals surface area contributed by atoms with Gasteiger partial charge in [-0.3, -0.25) is 4.79 Å². The lowest BCUT2D eigenvalue weighted by Crippen LogP contribution is -2.06. The maximum absolute atomic E-state index is 13.2. The van der Waals surface area contributed by atoms with Crippen LogP contribution in [0, 0.1) is 0 Å². The summed E-state index contributed by atoms with van der Waals surface area (Å²) in [5, 5.41) is 20.8. The van der Waals surface area contributed by atoms with Gasteiger partial charge in [-0.15, -0.1) is 0 Å². The molecule has 0 amide bonds. The fourth-order valence-corrected chi connectivity index (χ4v) is 3.18. The van der Waals surface area contributed by atoms with Crippen LogP contribution in [0.3, 0.4) is 0 Å². The molecule has 0 fully saturated rings. The van der Waals surface area contributed by atoms with Crippen molar-refractivity contribution in [3.05, 3.63) is 81.2 Å². The monoisotopic (exact) mass is 390 g/mol. The minimum absolute atomic E-state index is 0.111. The van der Waals surface area contributed by atoms with E-state index in [9.17, 15) is 15.0 Å². The Morgan fingerprint density at radius 3 is 2.28 bits per heavy atom. The van der Waals surface area contributed by atoms with Crippen LogP contribution in [0.4, 0.5) is 0 Å². The highest BCUT2D eigenvalue weighted by atomic mass is 16.3. The van der Waals surface area contributed by atoms with E-state index in [1.165, 1.54) is 12.3 Å². The van der Waals surface area contributed by atoms with Crippen LogP contribution in [-0.4, -0.2) is 10.2 Å². The van der Waals surface area contributed by atoms with Crippen LogP contribution in [0.25, 0.3) is 22.1 Å². The van der Waals surface area contributed by atoms with Crippen LogP contribution in [0.5, 0.6) is 11.5 Å². The van der Waals surface area contributed by atoms with Crippen LogP contribution >= 0.6 is 0 Å². The zero-order valence-corrected chi connectivity index (χ0v) is 17.2. The number of aromatic hydroxyl groups is 2. The largest absolute Gasteiger partial charge is 0.508 e. The summed E-state index contributed by atoms with van der Waals surface area (Å²) in [5.41, 5.74) is 4.98. The lowest BCUT2D eigenvalue weighted by atomic mass is 9.99. The van der Waals surface area contributed by atoms with Crippen molar-refractivity contribution in [3.8, 4) is 22.6 Å². The highest BCUT2D eigenvalue weighted by Gasteiger charge is 2.15. The first-order valence-corrected chi connectivity index (χ1v) is 9.63. The van der Waals surface area contributed by atoms with Crippen LogP contribution in [-0.2, 0) is 12.8 Å². The van der Waals surface area contributed by atoms with Gasteiger partial charge in [0.1, 0.15) is 23.3 Å². The molecule has 29 heavy (non-hydrogen) atoms. The predicted molar refractivity (Wildman–Crippen MR) is 118 cm³/mol. The van der Waals surface area contributed by atoms with E-state index in [-0.39, 0.29) is 16.9 Å². The highest BCUT2D eigenvalue weighted by molar-refractivity contribution is 5.86. The molecule has 1 heterocycles.